The predicted molar refractivity (Wildman–Crippen MR) is 91.7 cm³/mol. The van der Waals surface area contributed by atoms with Crippen molar-refractivity contribution in [3.63, 3.8) is 0 Å². The summed E-state index contributed by atoms with van der Waals surface area (Å²) in [6.07, 6.45) is 0.0789. The number of hydrogen-bond donors (Lipinski definition) is 2. The van der Waals surface area contributed by atoms with E-state index >= 15 is 0 Å². The predicted octanol–water partition coefficient (Wildman–Crippen LogP) is 2.57. The van der Waals surface area contributed by atoms with Crippen molar-refractivity contribution in [2.75, 3.05) is 7.11 Å². The molecule has 0 aliphatic rings. The average molecular weight is 394 g/mol. The van der Waals surface area contributed by atoms with Gasteiger partial charge in [0, 0.05) is 16.4 Å². The number of nitrogens with one attached hydrogen (secondary N) is 1. The van der Waals surface area contributed by atoms with Crippen LogP contribution in [-0.4, -0.2) is 25.0 Å². The Morgan fingerprint density at radius 2 is 1.82 bits per heavy atom. The molecule has 0 aromatic heterocycles. The van der Waals surface area contributed by atoms with E-state index in [2.05, 4.69) is 21.2 Å². The number of halogens is 2. The molecular formula is C15H22BrClN2O3. The van der Waals surface area contributed by atoms with Crippen LogP contribution in [0.25, 0.3) is 0 Å². The molecule has 124 valence electrons. The fourth-order valence-corrected chi connectivity index (χ4v) is 2.00. The van der Waals surface area contributed by atoms with Crippen molar-refractivity contribution in [3.05, 3.63) is 34.3 Å². The quantitative estimate of drug-likeness (QED) is 0.728. The number of rotatable bonds is 6. The fraction of sp³-hybridized carbons (Fsp3) is 0.467. The van der Waals surface area contributed by atoms with Crippen LogP contribution >= 0.6 is 28.3 Å². The second-order valence-corrected chi connectivity index (χ2v) is 5.96. The van der Waals surface area contributed by atoms with Crippen molar-refractivity contribution >= 4 is 40.2 Å². The molecular weight excluding hydrogens is 372 g/mol. The van der Waals surface area contributed by atoms with Crippen LogP contribution in [0.5, 0.6) is 0 Å². The Bertz CT molecular complexity index is 494. The Labute approximate surface area is 145 Å². The van der Waals surface area contributed by atoms with Crippen LogP contribution in [-0.2, 0) is 14.3 Å². The number of nitrogens with two attached hydrogens (primary N) is 1. The van der Waals surface area contributed by atoms with Crippen LogP contribution in [0.2, 0.25) is 0 Å². The number of methoxy groups -OCH3 is 1. The summed E-state index contributed by atoms with van der Waals surface area (Å²) in [5.74, 6) is -0.890. The van der Waals surface area contributed by atoms with E-state index < -0.39 is 6.04 Å². The van der Waals surface area contributed by atoms with E-state index in [-0.39, 0.29) is 42.7 Å². The van der Waals surface area contributed by atoms with Crippen molar-refractivity contribution in [1.82, 2.24) is 5.32 Å². The maximum atomic E-state index is 12.2. The lowest BCUT2D eigenvalue weighted by Crippen LogP contribution is -2.40. The van der Waals surface area contributed by atoms with Crippen LogP contribution in [0.3, 0.4) is 0 Å². The van der Waals surface area contributed by atoms with Crippen molar-refractivity contribution in [2.24, 2.45) is 11.7 Å². The molecule has 3 N–H and O–H groups in total. The number of carbonyl (C=O) groups is 2. The third-order valence-corrected chi connectivity index (χ3v) is 3.92. The molecule has 0 radical (unpaired) electrons. The van der Waals surface area contributed by atoms with E-state index in [0.29, 0.717) is 0 Å². The molecule has 22 heavy (non-hydrogen) atoms. The Hall–Kier alpha value is -1.11. The minimum absolute atomic E-state index is 0. The molecule has 7 heteroatoms. The standard InChI is InChI=1S/C15H21BrN2O3.ClH/c1-9(10(2)17)15(20)18-13(8-14(19)21-3)11-4-6-12(16)7-5-11;/h4-7,9-10,13H,8,17H2,1-3H3,(H,18,20);1H. The van der Waals surface area contributed by atoms with Gasteiger partial charge in [-0.1, -0.05) is 35.0 Å². The van der Waals surface area contributed by atoms with Crippen LogP contribution < -0.4 is 11.1 Å². The molecule has 5 nitrogen and oxygen atoms in total. The summed E-state index contributed by atoms with van der Waals surface area (Å²) < 4.78 is 5.62. The van der Waals surface area contributed by atoms with Gasteiger partial charge >= 0.3 is 5.97 Å². The first-order chi connectivity index (χ1) is 9.85. The molecule has 1 aromatic rings. The van der Waals surface area contributed by atoms with Gasteiger partial charge in [-0.2, -0.15) is 0 Å². The number of benzene rings is 1. The van der Waals surface area contributed by atoms with Gasteiger partial charge in [-0.3, -0.25) is 9.59 Å². The summed E-state index contributed by atoms with van der Waals surface area (Å²) in [5, 5.41) is 2.86. The number of amides is 1. The first-order valence-corrected chi connectivity index (χ1v) is 7.52. The average Bonchev–Trinajstić information content (AvgIpc) is 2.46. The van der Waals surface area contributed by atoms with Gasteiger partial charge in [0.25, 0.3) is 0 Å². The molecule has 0 aliphatic heterocycles. The third-order valence-electron chi connectivity index (χ3n) is 3.39. The lowest BCUT2D eigenvalue weighted by atomic mass is 10.00. The monoisotopic (exact) mass is 392 g/mol. The van der Waals surface area contributed by atoms with Gasteiger partial charge in [-0.25, -0.2) is 0 Å². The minimum Gasteiger partial charge on any atom is -0.469 e. The lowest BCUT2D eigenvalue weighted by Gasteiger charge is -2.22. The largest absolute Gasteiger partial charge is 0.469 e. The molecule has 0 bridgehead atoms. The zero-order valence-corrected chi connectivity index (χ0v) is 15.2. The summed E-state index contributed by atoms with van der Waals surface area (Å²) in [6.45, 7) is 3.54. The fourth-order valence-electron chi connectivity index (χ4n) is 1.74. The van der Waals surface area contributed by atoms with Crippen LogP contribution in [0, 0.1) is 5.92 Å². The summed E-state index contributed by atoms with van der Waals surface area (Å²) in [4.78, 5) is 23.7. The van der Waals surface area contributed by atoms with E-state index in [4.69, 9.17) is 10.5 Å². The highest BCUT2D eigenvalue weighted by molar-refractivity contribution is 9.10. The Balaban J connectivity index is 0.00000441. The molecule has 1 aromatic carbocycles. The molecule has 0 fully saturated rings. The zero-order valence-electron chi connectivity index (χ0n) is 12.8. The van der Waals surface area contributed by atoms with E-state index in [1.54, 1.807) is 13.8 Å². The SMILES string of the molecule is COC(=O)CC(NC(=O)C(C)C(C)N)c1ccc(Br)cc1.Cl. The minimum atomic E-state index is -0.431. The summed E-state index contributed by atoms with van der Waals surface area (Å²) in [5.41, 5.74) is 6.58. The molecule has 3 atom stereocenters. The summed E-state index contributed by atoms with van der Waals surface area (Å²) in [7, 11) is 1.33. The van der Waals surface area contributed by atoms with Crippen molar-refractivity contribution in [3.8, 4) is 0 Å². The van der Waals surface area contributed by atoms with E-state index in [1.807, 2.05) is 24.3 Å². The normalized spacial score (nSPS) is 14.2. The van der Waals surface area contributed by atoms with Crippen molar-refractivity contribution in [2.45, 2.75) is 32.4 Å². The molecule has 3 unspecified atom stereocenters. The number of esters is 1. The number of ether oxygens (including phenoxy) is 1. The van der Waals surface area contributed by atoms with Crippen molar-refractivity contribution in [1.29, 1.82) is 0 Å². The molecule has 0 aliphatic carbocycles. The summed E-state index contributed by atoms with van der Waals surface area (Å²) >= 11 is 3.36. The van der Waals surface area contributed by atoms with Crippen LogP contribution in [0.15, 0.2) is 28.7 Å². The maximum Gasteiger partial charge on any atom is 0.307 e. The molecule has 1 amide bonds. The van der Waals surface area contributed by atoms with Crippen molar-refractivity contribution < 1.29 is 14.3 Å². The molecule has 0 saturated heterocycles. The van der Waals surface area contributed by atoms with Gasteiger partial charge in [0.2, 0.25) is 5.91 Å². The van der Waals surface area contributed by atoms with Gasteiger partial charge < -0.3 is 15.8 Å². The zero-order chi connectivity index (χ0) is 16.0. The lowest BCUT2D eigenvalue weighted by molar-refractivity contribution is -0.141. The van der Waals surface area contributed by atoms with E-state index in [9.17, 15) is 9.59 Å². The van der Waals surface area contributed by atoms with Crippen LogP contribution in [0.4, 0.5) is 0 Å². The van der Waals surface area contributed by atoms with Gasteiger partial charge in [-0.15, -0.1) is 12.4 Å². The Morgan fingerprint density at radius 3 is 2.27 bits per heavy atom. The van der Waals surface area contributed by atoms with E-state index in [1.165, 1.54) is 7.11 Å². The third kappa shape index (κ3) is 6.34. The van der Waals surface area contributed by atoms with Gasteiger partial charge in [0.05, 0.1) is 19.6 Å². The number of carbonyl (C=O) groups excluding carboxylic acids is 2. The second-order valence-electron chi connectivity index (χ2n) is 5.04. The first-order valence-electron chi connectivity index (χ1n) is 6.73. The topological polar surface area (TPSA) is 81.4 Å². The molecule has 0 spiro atoms. The second kappa shape index (κ2) is 9.82. The smallest absolute Gasteiger partial charge is 0.307 e. The van der Waals surface area contributed by atoms with Gasteiger partial charge in [-0.05, 0) is 24.6 Å². The Kier molecular flexibility index (Phi) is 9.32. The summed E-state index contributed by atoms with van der Waals surface area (Å²) in [6, 6.07) is 6.75. The van der Waals surface area contributed by atoms with Gasteiger partial charge in [0.15, 0.2) is 0 Å². The number of hydrogen-bond acceptors (Lipinski definition) is 4. The van der Waals surface area contributed by atoms with Crippen LogP contribution in [0.1, 0.15) is 31.9 Å². The molecule has 1 rings (SSSR count). The highest BCUT2D eigenvalue weighted by atomic mass is 79.9. The van der Waals surface area contributed by atoms with E-state index in [0.717, 1.165) is 10.0 Å². The van der Waals surface area contributed by atoms with Gasteiger partial charge in [0.1, 0.15) is 0 Å². The highest BCUT2D eigenvalue weighted by Crippen LogP contribution is 2.21. The molecule has 0 heterocycles. The first kappa shape index (κ1) is 20.9. The Morgan fingerprint density at radius 1 is 1.27 bits per heavy atom. The molecule has 0 saturated carbocycles. The maximum absolute atomic E-state index is 12.2. The highest BCUT2D eigenvalue weighted by Gasteiger charge is 2.23.